The average molecular weight is 257 g/mol. The highest BCUT2D eigenvalue weighted by Gasteiger charge is 2.29. The quantitative estimate of drug-likeness (QED) is 0.707. The minimum atomic E-state index is -4.52. The number of hydroxylamine groups is 1. The maximum absolute atomic E-state index is 11.7. The van der Waals surface area contributed by atoms with Crippen LogP contribution in [0.4, 0.5) is 13.2 Å². The van der Waals surface area contributed by atoms with Crippen LogP contribution in [0.15, 0.2) is 0 Å². The number of rotatable bonds is 6. The van der Waals surface area contributed by atoms with Gasteiger partial charge in [-0.1, -0.05) is 13.8 Å². The number of halogens is 3. The van der Waals surface area contributed by atoms with E-state index in [-0.39, 0.29) is 12.8 Å². The Bertz CT molecular complexity index is 288. The highest BCUT2D eigenvalue weighted by molar-refractivity contribution is 5.76. The van der Waals surface area contributed by atoms with Crippen molar-refractivity contribution in [1.82, 2.24) is 5.48 Å². The van der Waals surface area contributed by atoms with Crippen molar-refractivity contribution >= 4 is 11.9 Å². The summed E-state index contributed by atoms with van der Waals surface area (Å²) in [5.41, 5.74) is 0.767. The van der Waals surface area contributed by atoms with Crippen LogP contribution in [0.2, 0.25) is 0 Å². The largest absolute Gasteiger partial charge is 0.481 e. The predicted octanol–water partition coefficient (Wildman–Crippen LogP) is 1.49. The topological polar surface area (TPSA) is 75.6 Å². The van der Waals surface area contributed by atoms with E-state index in [1.807, 2.05) is 0 Å². The van der Waals surface area contributed by atoms with Crippen LogP contribution in [-0.4, -0.2) is 29.8 Å². The molecule has 17 heavy (non-hydrogen) atoms. The Hall–Kier alpha value is -1.31. The Labute approximate surface area is 95.9 Å². The molecule has 0 atom stereocenters. The van der Waals surface area contributed by atoms with Crippen molar-refractivity contribution in [2.75, 3.05) is 6.61 Å². The molecule has 0 saturated carbocycles. The molecule has 0 spiro atoms. The molecular formula is C9H14F3NO4. The van der Waals surface area contributed by atoms with Crippen LogP contribution in [0.1, 0.15) is 26.7 Å². The second-order valence-corrected chi connectivity index (χ2v) is 4.34. The first-order valence-corrected chi connectivity index (χ1v) is 4.71. The van der Waals surface area contributed by atoms with Gasteiger partial charge in [0, 0.05) is 6.42 Å². The third-order valence-electron chi connectivity index (χ3n) is 1.69. The number of carboxylic acid groups (broad SMARTS) is 1. The van der Waals surface area contributed by atoms with E-state index < -0.39 is 30.1 Å². The first kappa shape index (κ1) is 15.7. The Morgan fingerprint density at radius 2 is 1.76 bits per heavy atom. The van der Waals surface area contributed by atoms with E-state index in [2.05, 4.69) is 4.84 Å². The smallest absolute Gasteiger partial charge is 0.414 e. The van der Waals surface area contributed by atoms with Crippen molar-refractivity contribution in [3.8, 4) is 0 Å². The Balaban J connectivity index is 3.97. The summed E-state index contributed by atoms with van der Waals surface area (Å²) < 4.78 is 35.0. The van der Waals surface area contributed by atoms with Gasteiger partial charge in [0.05, 0.1) is 6.42 Å². The molecule has 0 bridgehead atoms. The van der Waals surface area contributed by atoms with E-state index in [1.54, 1.807) is 5.48 Å². The number of amides is 1. The number of carbonyl (C=O) groups excluding carboxylic acids is 1. The van der Waals surface area contributed by atoms with Crippen molar-refractivity contribution in [1.29, 1.82) is 0 Å². The van der Waals surface area contributed by atoms with E-state index in [1.165, 1.54) is 13.8 Å². The van der Waals surface area contributed by atoms with Crippen molar-refractivity contribution in [3.63, 3.8) is 0 Å². The van der Waals surface area contributed by atoms with Crippen molar-refractivity contribution < 1.29 is 32.7 Å². The lowest BCUT2D eigenvalue weighted by atomic mass is 9.85. The van der Waals surface area contributed by atoms with E-state index >= 15 is 0 Å². The standard InChI is InChI=1S/C9H14F3NO4/c1-8(2,4-7(15)16)3-6(14)13-17-5-9(10,11)12/h3-5H2,1-2H3,(H,13,14)(H,15,16). The lowest BCUT2D eigenvalue weighted by Crippen LogP contribution is -2.33. The number of carboxylic acids is 1. The summed E-state index contributed by atoms with van der Waals surface area (Å²) in [5, 5.41) is 8.53. The van der Waals surface area contributed by atoms with E-state index in [4.69, 9.17) is 5.11 Å². The molecule has 0 aliphatic heterocycles. The number of aliphatic carboxylic acids is 1. The molecule has 0 unspecified atom stereocenters. The van der Waals surface area contributed by atoms with Crippen LogP contribution in [0, 0.1) is 5.41 Å². The third kappa shape index (κ3) is 9.61. The summed E-state index contributed by atoms with van der Waals surface area (Å²) >= 11 is 0. The summed E-state index contributed by atoms with van der Waals surface area (Å²) in [6.07, 6.45) is -5.03. The van der Waals surface area contributed by atoms with Gasteiger partial charge in [-0.3, -0.25) is 14.4 Å². The van der Waals surface area contributed by atoms with Crippen LogP contribution in [0.3, 0.4) is 0 Å². The lowest BCUT2D eigenvalue weighted by Gasteiger charge is -2.21. The number of alkyl halides is 3. The van der Waals surface area contributed by atoms with Crippen LogP contribution < -0.4 is 5.48 Å². The van der Waals surface area contributed by atoms with E-state index in [9.17, 15) is 22.8 Å². The number of carbonyl (C=O) groups is 2. The Kier molecular flexibility index (Phi) is 5.40. The highest BCUT2D eigenvalue weighted by atomic mass is 19.4. The molecule has 5 nitrogen and oxygen atoms in total. The van der Waals surface area contributed by atoms with Gasteiger partial charge in [0.1, 0.15) is 0 Å². The molecular weight excluding hydrogens is 243 g/mol. The first-order chi connectivity index (χ1) is 7.52. The summed E-state index contributed by atoms with van der Waals surface area (Å²) in [5.74, 6) is -1.88. The monoisotopic (exact) mass is 257 g/mol. The fraction of sp³-hybridized carbons (Fsp3) is 0.778. The van der Waals surface area contributed by atoms with Gasteiger partial charge in [-0.15, -0.1) is 0 Å². The molecule has 0 aromatic heterocycles. The minimum Gasteiger partial charge on any atom is -0.481 e. The Morgan fingerprint density at radius 1 is 1.24 bits per heavy atom. The van der Waals surface area contributed by atoms with Gasteiger partial charge < -0.3 is 5.11 Å². The lowest BCUT2D eigenvalue weighted by molar-refractivity contribution is -0.192. The molecule has 0 fully saturated rings. The zero-order valence-electron chi connectivity index (χ0n) is 9.43. The second kappa shape index (κ2) is 5.85. The molecule has 0 rings (SSSR count). The van der Waals surface area contributed by atoms with E-state index in [0.717, 1.165) is 0 Å². The molecule has 100 valence electrons. The molecule has 0 aromatic carbocycles. The molecule has 0 saturated heterocycles. The number of hydrogen-bond donors (Lipinski definition) is 2. The summed E-state index contributed by atoms with van der Waals surface area (Å²) in [7, 11) is 0. The molecule has 0 radical (unpaired) electrons. The SMILES string of the molecule is CC(C)(CC(=O)O)CC(=O)NOCC(F)(F)F. The van der Waals surface area contributed by atoms with Gasteiger partial charge in [0.25, 0.3) is 0 Å². The molecule has 2 N–H and O–H groups in total. The van der Waals surface area contributed by atoms with Crippen LogP contribution in [-0.2, 0) is 14.4 Å². The highest BCUT2D eigenvalue weighted by Crippen LogP contribution is 2.24. The third-order valence-corrected chi connectivity index (χ3v) is 1.69. The summed E-state index contributed by atoms with van der Waals surface area (Å²) in [6.45, 7) is 1.45. The molecule has 0 heterocycles. The fourth-order valence-electron chi connectivity index (χ4n) is 1.14. The second-order valence-electron chi connectivity index (χ2n) is 4.34. The molecule has 0 aliphatic rings. The normalized spacial score (nSPS) is 12.3. The van der Waals surface area contributed by atoms with Gasteiger partial charge >= 0.3 is 12.1 Å². The van der Waals surface area contributed by atoms with Crippen molar-refractivity contribution in [2.45, 2.75) is 32.9 Å². The molecule has 0 aliphatic carbocycles. The molecule has 1 amide bonds. The number of nitrogens with one attached hydrogen (secondary N) is 1. The average Bonchev–Trinajstić information content (AvgIpc) is 1.95. The van der Waals surface area contributed by atoms with Crippen LogP contribution >= 0.6 is 0 Å². The minimum absolute atomic E-state index is 0.239. The van der Waals surface area contributed by atoms with Gasteiger partial charge in [-0.25, -0.2) is 5.48 Å². The zero-order valence-corrected chi connectivity index (χ0v) is 9.43. The Morgan fingerprint density at radius 3 is 2.18 bits per heavy atom. The van der Waals surface area contributed by atoms with Crippen LogP contribution in [0.5, 0.6) is 0 Å². The van der Waals surface area contributed by atoms with Gasteiger partial charge in [-0.05, 0) is 5.41 Å². The van der Waals surface area contributed by atoms with Crippen molar-refractivity contribution in [2.24, 2.45) is 5.41 Å². The molecule has 0 aromatic rings. The fourth-order valence-corrected chi connectivity index (χ4v) is 1.14. The van der Waals surface area contributed by atoms with Gasteiger partial charge in [0.15, 0.2) is 6.61 Å². The van der Waals surface area contributed by atoms with Gasteiger partial charge in [-0.2, -0.15) is 13.2 Å². The maximum Gasteiger partial charge on any atom is 0.414 e. The summed E-state index contributed by atoms with van der Waals surface area (Å²) in [6, 6.07) is 0. The van der Waals surface area contributed by atoms with E-state index in [0.29, 0.717) is 0 Å². The predicted molar refractivity (Wildman–Crippen MR) is 50.8 cm³/mol. The zero-order chi connectivity index (χ0) is 13.7. The van der Waals surface area contributed by atoms with Crippen molar-refractivity contribution in [3.05, 3.63) is 0 Å². The molecule has 8 heteroatoms. The van der Waals surface area contributed by atoms with Gasteiger partial charge in [0.2, 0.25) is 5.91 Å². The number of hydrogen-bond acceptors (Lipinski definition) is 3. The first-order valence-electron chi connectivity index (χ1n) is 4.71. The van der Waals surface area contributed by atoms with Crippen LogP contribution in [0.25, 0.3) is 0 Å². The summed E-state index contributed by atoms with van der Waals surface area (Å²) in [4.78, 5) is 25.5. The maximum atomic E-state index is 11.7.